The standard InChI is InChI=1S/C7H15NO/c1-6-3-4-8-5-7(2)9-6/h6-8H,3-5H2,1-2H3/t6-,7+/m0/s1. The second-order valence-corrected chi connectivity index (χ2v) is 2.75. The van der Waals surface area contributed by atoms with Crippen LogP contribution in [-0.2, 0) is 4.74 Å². The smallest absolute Gasteiger partial charge is 0.0674 e. The molecular formula is C7H15NO. The molecule has 1 heterocycles. The van der Waals surface area contributed by atoms with Crippen LogP contribution in [0.2, 0.25) is 0 Å². The third kappa shape index (κ3) is 2.33. The minimum absolute atomic E-state index is 0.391. The van der Waals surface area contributed by atoms with Crippen LogP contribution in [0.5, 0.6) is 0 Å². The van der Waals surface area contributed by atoms with E-state index in [1.165, 1.54) is 0 Å². The maximum atomic E-state index is 5.55. The summed E-state index contributed by atoms with van der Waals surface area (Å²) in [4.78, 5) is 0. The molecule has 1 N–H and O–H groups in total. The predicted molar refractivity (Wildman–Crippen MR) is 37.5 cm³/mol. The normalized spacial score (nSPS) is 38.0. The lowest BCUT2D eigenvalue weighted by molar-refractivity contribution is 0.0202. The van der Waals surface area contributed by atoms with Gasteiger partial charge in [-0.05, 0) is 26.8 Å². The number of hydrogen-bond donors (Lipinski definition) is 1. The molecule has 0 aromatic carbocycles. The zero-order chi connectivity index (χ0) is 6.69. The Kier molecular flexibility index (Phi) is 2.49. The van der Waals surface area contributed by atoms with Crippen molar-refractivity contribution in [3.05, 3.63) is 0 Å². The third-order valence-corrected chi connectivity index (χ3v) is 1.62. The van der Waals surface area contributed by atoms with Crippen LogP contribution >= 0.6 is 0 Å². The Morgan fingerprint density at radius 2 is 2.11 bits per heavy atom. The molecule has 0 saturated carbocycles. The van der Waals surface area contributed by atoms with Gasteiger partial charge in [0.25, 0.3) is 0 Å². The van der Waals surface area contributed by atoms with Gasteiger partial charge in [0.2, 0.25) is 0 Å². The van der Waals surface area contributed by atoms with E-state index in [4.69, 9.17) is 4.74 Å². The fraction of sp³-hybridized carbons (Fsp3) is 1.00. The Labute approximate surface area is 56.6 Å². The number of ether oxygens (including phenoxy) is 1. The van der Waals surface area contributed by atoms with E-state index < -0.39 is 0 Å². The molecule has 2 heteroatoms. The molecule has 2 nitrogen and oxygen atoms in total. The molecule has 54 valence electrons. The molecule has 0 unspecified atom stereocenters. The van der Waals surface area contributed by atoms with Crippen molar-refractivity contribution in [2.75, 3.05) is 13.1 Å². The van der Waals surface area contributed by atoms with Crippen LogP contribution in [0.25, 0.3) is 0 Å². The highest BCUT2D eigenvalue weighted by Crippen LogP contribution is 2.03. The molecule has 1 rings (SSSR count). The summed E-state index contributed by atoms with van der Waals surface area (Å²) in [6.45, 7) is 6.34. The van der Waals surface area contributed by atoms with Crippen molar-refractivity contribution in [2.45, 2.75) is 32.5 Å². The summed E-state index contributed by atoms with van der Waals surface area (Å²) >= 11 is 0. The van der Waals surface area contributed by atoms with Crippen LogP contribution in [0.3, 0.4) is 0 Å². The maximum Gasteiger partial charge on any atom is 0.0674 e. The highest BCUT2D eigenvalue weighted by molar-refractivity contribution is 4.64. The van der Waals surface area contributed by atoms with Crippen LogP contribution in [0.15, 0.2) is 0 Å². The zero-order valence-corrected chi connectivity index (χ0v) is 6.18. The lowest BCUT2D eigenvalue weighted by Gasteiger charge is -2.12. The summed E-state index contributed by atoms with van der Waals surface area (Å²) in [5.41, 5.74) is 0. The lowest BCUT2D eigenvalue weighted by Crippen LogP contribution is -2.23. The molecular weight excluding hydrogens is 114 g/mol. The number of rotatable bonds is 0. The zero-order valence-electron chi connectivity index (χ0n) is 6.18. The van der Waals surface area contributed by atoms with E-state index in [0.29, 0.717) is 12.2 Å². The first-order chi connectivity index (χ1) is 4.29. The Morgan fingerprint density at radius 1 is 1.33 bits per heavy atom. The topological polar surface area (TPSA) is 21.3 Å². The van der Waals surface area contributed by atoms with Crippen LogP contribution in [0.1, 0.15) is 20.3 Å². The minimum atomic E-state index is 0.391. The summed E-state index contributed by atoms with van der Waals surface area (Å²) in [5.74, 6) is 0. The van der Waals surface area contributed by atoms with Crippen LogP contribution < -0.4 is 5.32 Å². The lowest BCUT2D eigenvalue weighted by atomic mass is 10.3. The summed E-state index contributed by atoms with van der Waals surface area (Å²) in [6.07, 6.45) is 1.97. The first kappa shape index (κ1) is 7.03. The molecule has 0 radical (unpaired) electrons. The van der Waals surface area contributed by atoms with Gasteiger partial charge in [-0.2, -0.15) is 0 Å². The average Bonchev–Trinajstić information content (AvgIpc) is 1.93. The van der Waals surface area contributed by atoms with Gasteiger partial charge in [-0.25, -0.2) is 0 Å². The molecule has 9 heavy (non-hydrogen) atoms. The second kappa shape index (κ2) is 3.18. The van der Waals surface area contributed by atoms with Crippen molar-refractivity contribution in [1.29, 1.82) is 0 Å². The quantitative estimate of drug-likeness (QED) is 0.521. The van der Waals surface area contributed by atoms with E-state index in [0.717, 1.165) is 19.5 Å². The Balaban J connectivity index is 2.29. The van der Waals surface area contributed by atoms with Gasteiger partial charge < -0.3 is 10.1 Å². The maximum absolute atomic E-state index is 5.55. The van der Waals surface area contributed by atoms with Crippen molar-refractivity contribution >= 4 is 0 Å². The Morgan fingerprint density at radius 3 is 2.89 bits per heavy atom. The van der Waals surface area contributed by atoms with Crippen LogP contribution in [-0.4, -0.2) is 25.3 Å². The fourth-order valence-corrected chi connectivity index (χ4v) is 1.12. The molecule has 0 aromatic heterocycles. The van der Waals surface area contributed by atoms with Gasteiger partial charge in [0, 0.05) is 6.54 Å². The van der Waals surface area contributed by atoms with Crippen molar-refractivity contribution in [3.8, 4) is 0 Å². The second-order valence-electron chi connectivity index (χ2n) is 2.75. The highest BCUT2D eigenvalue weighted by atomic mass is 16.5. The van der Waals surface area contributed by atoms with E-state index in [-0.39, 0.29) is 0 Å². The summed E-state index contributed by atoms with van der Waals surface area (Å²) < 4.78 is 5.55. The Hall–Kier alpha value is -0.0800. The Bertz CT molecular complexity index is 75.0. The third-order valence-electron chi connectivity index (χ3n) is 1.62. The van der Waals surface area contributed by atoms with Crippen LogP contribution in [0, 0.1) is 0 Å². The van der Waals surface area contributed by atoms with Gasteiger partial charge in [0.05, 0.1) is 12.2 Å². The molecule has 1 fully saturated rings. The average molecular weight is 129 g/mol. The van der Waals surface area contributed by atoms with Crippen molar-refractivity contribution in [2.24, 2.45) is 0 Å². The first-order valence-corrected chi connectivity index (χ1v) is 3.65. The van der Waals surface area contributed by atoms with Crippen molar-refractivity contribution < 1.29 is 4.74 Å². The molecule has 2 atom stereocenters. The summed E-state index contributed by atoms with van der Waals surface area (Å²) in [6, 6.07) is 0. The van der Waals surface area contributed by atoms with E-state index >= 15 is 0 Å². The monoisotopic (exact) mass is 129 g/mol. The molecule has 1 aliphatic heterocycles. The highest BCUT2D eigenvalue weighted by Gasteiger charge is 2.11. The summed E-state index contributed by atoms with van der Waals surface area (Å²) in [7, 11) is 0. The molecule has 0 aliphatic carbocycles. The minimum Gasteiger partial charge on any atom is -0.374 e. The first-order valence-electron chi connectivity index (χ1n) is 3.65. The van der Waals surface area contributed by atoms with Gasteiger partial charge in [0.1, 0.15) is 0 Å². The van der Waals surface area contributed by atoms with Crippen molar-refractivity contribution in [1.82, 2.24) is 5.32 Å². The number of nitrogens with one attached hydrogen (secondary N) is 1. The molecule has 0 amide bonds. The predicted octanol–water partition coefficient (Wildman–Crippen LogP) is 0.773. The van der Waals surface area contributed by atoms with Gasteiger partial charge in [-0.3, -0.25) is 0 Å². The SMILES string of the molecule is C[C@@H]1CNCC[C@H](C)O1. The molecule has 0 spiro atoms. The fourth-order valence-electron chi connectivity index (χ4n) is 1.12. The van der Waals surface area contributed by atoms with Gasteiger partial charge >= 0.3 is 0 Å². The van der Waals surface area contributed by atoms with E-state index in [9.17, 15) is 0 Å². The van der Waals surface area contributed by atoms with E-state index in [1.54, 1.807) is 0 Å². The molecule has 0 aromatic rings. The van der Waals surface area contributed by atoms with Crippen molar-refractivity contribution in [3.63, 3.8) is 0 Å². The molecule has 1 saturated heterocycles. The largest absolute Gasteiger partial charge is 0.374 e. The van der Waals surface area contributed by atoms with E-state index in [2.05, 4.69) is 19.2 Å². The van der Waals surface area contributed by atoms with Gasteiger partial charge in [0.15, 0.2) is 0 Å². The summed E-state index contributed by atoms with van der Waals surface area (Å²) in [5, 5.41) is 3.30. The van der Waals surface area contributed by atoms with Crippen LogP contribution in [0.4, 0.5) is 0 Å². The molecule has 1 aliphatic rings. The van der Waals surface area contributed by atoms with Gasteiger partial charge in [-0.1, -0.05) is 0 Å². The molecule has 0 bridgehead atoms. The number of hydrogen-bond acceptors (Lipinski definition) is 2. The van der Waals surface area contributed by atoms with Gasteiger partial charge in [-0.15, -0.1) is 0 Å². The van der Waals surface area contributed by atoms with E-state index in [1.807, 2.05) is 0 Å².